The molecular formula is C39H60KNO3. The number of phenols is 1. The number of hydrogen-bond acceptors (Lipinski definition) is 3. The maximum absolute atomic E-state index is 12.8. The molecule has 1 N–H and O–H groups in total. The van der Waals surface area contributed by atoms with Crippen LogP contribution in [-0.4, -0.2) is 17.6 Å². The molecule has 0 aromatic heterocycles. The van der Waals surface area contributed by atoms with Crippen LogP contribution >= 0.6 is 0 Å². The summed E-state index contributed by atoms with van der Waals surface area (Å²) in [7, 11) is 0. The number of nitrogens with zero attached hydrogens (tertiary/aromatic N) is 1. The van der Waals surface area contributed by atoms with Gasteiger partial charge in [-0.1, -0.05) is 90.2 Å². The molecule has 4 nitrogen and oxygen atoms in total. The fourth-order valence-electron chi connectivity index (χ4n) is 11.6. The van der Waals surface area contributed by atoms with Crippen molar-refractivity contribution in [1.82, 2.24) is 0 Å². The molecule has 240 valence electrons. The van der Waals surface area contributed by atoms with E-state index in [1.54, 1.807) is 6.07 Å². The van der Waals surface area contributed by atoms with Crippen LogP contribution in [0.1, 0.15) is 142 Å². The molecule has 0 heterocycles. The fraction of sp³-hybridized carbons (Fsp3) is 0.821. The Morgan fingerprint density at radius 3 is 2.43 bits per heavy atom. The zero-order valence-corrected chi connectivity index (χ0v) is 31.7. The van der Waals surface area contributed by atoms with Crippen LogP contribution in [0.2, 0.25) is 0 Å². The van der Waals surface area contributed by atoms with Gasteiger partial charge < -0.3 is 15.2 Å². The van der Waals surface area contributed by atoms with Crippen molar-refractivity contribution in [2.45, 2.75) is 143 Å². The Bertz CT molecular complexity index is 1100. The summed E-state index contributed by atoms with van der Waals surface area (Å²) in [5.74, 6) is 5.73. The Balaban J connectivity index is 0.00000384. The summed E-state index contributed by atoms with van der Waals surface area (Å²) in [6.07, 6.45) is 23.6. The van der Waals surface area contributed by atoms with Crippen molar-refractivity contribution in [2.24, 2.45) is 52.3 Å². The van der Waals surface area contributed by atoms with Gasteiger partial charge in [-0.15, -0.1) is 12.2 Å². The first-order valence-electron chi connectivity index (χ1n) is 18.4. The Kier molecular flexibility index (Phi) is 12.4. The molecule has 0 bridgehead atoms. The van der Waals surface area contributed by atoms with E-state index in [-0.39, 0.29) is 69.7 Å². The molecule has 0 saturated heterocycles. The van der Waals surface area contributed by atoms with Crippen LogP contribution in [0.5, 0.6) is 5.75 Å². The predicted molar refractivity (Wildman–Crippen MR) is 175 cm³/mol. The Morgan fingerprint density at radius 2 is 1.66 bits per heavy atom. The van der Waals surface area contributed by atoms with Crippen LogP contribution in [0.25, 0.3) is 5.32 Å². The minimum Gasteiger partial charge on any atom is -0.684 e. The van der Waals surface area contributed by atoms with Crippen molar-refractivity contribution in [1.29, 1.82) is 0 Å². The number of aromatic hydroxyl groups is 1. The number of ether oxygens (including phenoxy) is 1. The Labute approximate surface area is 311 Å². The summed E-state index contributed by atoms with van der Waals surface area (Å²) >= 11 is 0. The summed E-state index contributed by atoms with van der Waals surface area (Å²) in [5, 5.41) is 15.4. The first-order chi connectivity index (χ1) is 20.8. The summed E-state index contributed by atoms with van der Waals surface area (Å²) in [6.45, 7) is 8.69. The fourth-order valence-corrected chi connectivity index (χ4v) is 11.6. The molecule has 0 spiro atoms. The molecule has 1 aromatic rings. The zero-order valence-electron chi connectivity index (χ0n) is 28.6. The van der Waals surface area contributed by atoms with E-state index in [1.165, 1.54) is 103 Å². The van der Waals surface area contributed by atoms with E-state index >= 15 is 0 Å². The molecule has 5 fully saturated rings. The molecule has 8 unspecified atom stereocenters. The van der Waals surface area contributed by atoms with Crippen LogP contribution < -0.4 is 51.4 Å². The smallest absolute Gasteiger partial charge is 0.684 e. The topological polar surface area (TPSA) is 60.6 Å². The van der Waals surface area contributed by atoms with Gasteiger partial charge in [0.1, 0.15) is 12.4 Å². The van der Waals surface area contributed by atoms with Gasteiger partial charge in [-0.3, -0.25) is 4.79 Å². The molecule has 0 amide bonds. The van der Waals surface area contributed by atoms with Crippen molar-refractivity contribution in [3.05, 3.63) is 29.1 Å². The molecular weight excluding hydrogens is 570 g/mol. The molecule has 5 aliphatic carbocycles. The van der Waals surface area contributed by atoms with Crippen molar-refractivity contribution >= 4 is 11.7 Å². The Morgan fingerprint density at radius 1 is 0.909 bits per heavy atom. The van der Waals surface area contributed by atoms with Gasteiger partial charge in [-0.2, -0.15) is 0 Å². The average molecular weight is 630 g/mol. The van der Waals surface area contributed by atoms with E-state index in [9.17, 15) is 9.90 Å². The number of carbonyl (C=O) groups excluding carboxylic acids is 1. The van der Waals surface area contributed by atoms with Crippen LogP contribution in [0.3, 0.4) is 0 Å². The molecule has 5 saturated carbocycles. The van der Waals surface area contributed by atoms with Crippen molar-refractivity contribution < 1.29 is 66.0 Å². The first kappa shape index (κ1) is 35.2. The number of hydrogen-bond donors (Lipinski definition) is 1. The molecule has 44 heavy (non-hydrogen) atoms. The van der Waals surface area contributed by atoms with E-state index in [2.05, 4.69) is 20.8 Å². The van der Waals surface area contributed by atoms with E-state index in [0.717, 1.165) is 48.2 Å². The number of phenolic OH excluding ortho intramolecular Hbond substituents is 1. The van der Waals surface area contributed by atoms with Gasteiger partial charge in [-0.05, 0) is 110 Å². The van der Waals surface area contributed by atoms with E-state index in [4.69, 9.17) is 10.1 Å². The second-order valence-electron chi connectivity index (χ2n) is 16.3. The molecule has 1 aromatic carbocycles. The second kappa shape index (κ2) is 15.4. The first-order valence-corrected chi connectivity index (χ1v) is 18.4. The third kappa shape index (κ3) is 7.47. The number of carbonyl (C=O) groups is 1. The zero-order chi connectivity index (χ0) is 30.0. The second-order valence-corrected chi connectivity index (χ2v) is 16.3. The predicted octanol–water partition coefficient (Wildman–Crippen LogP) is 7.88. The SMILES string of the molecule is CC(CCC(=O)OCc1ccc([N-]CC2CCCCCC2)cc1O)C1CCC2C3CCC4CCCCC4(C)C3CCC12C.[K+]. The Hall–Kier alpha value is -0.0736. The minimum absolute atomic E-state index is 0. The van der Waals surface area contributed by atoms with Crippen molar-refractivity contribution in [3.63, 3.8) is 0 Å². The number of rotatable bonds is 9. The van der Waals surface area contributed by atoms with Crippen LogP contribution in [0.4, 0.5) is 5.69 Å². The number of fused-ring (bicyclic) bond motifs is 5. The summed E-state index contributed by atoms with van der Waals surface area (Å²) in [4.78, 5) is 12.8. The van der Waals surface area contributed by atoms with Crippen LogP contribution in [-0.2, 0) is 16.1 Å². The van der Waals surface area contributed by atoms with Crippen LogP contribution in [0, 0.1) is 52.3 Å². The summed E-state index contributed by atoms with van der Waals surface area (Å²) < 4.78 is 5.67. The van der Waals surface area contributed by atoms with Crippen molar-refractivity contribution in [2.75, 3.05) is 6.54 Å². The molecule has 0 aliphatic heterocycles. The maximum atomic E-state index is 12.8. The third-order valence-electron chi connectivity index (χ3n) is 14.1. The normalized spacial score (nSPS) is 36.1. The van der Waals surface area contributed by atoms with Crippen LogP contribution in [0.15, 0.2) is 18.2 Å². The monoisotopic (exact) mass is 629 g/mol. The molecule has 0 radical (unpaired) electrons. The van der Waals surface area contributed by atoms with Gasteiger partial charge in [0, 0.05) is 12.0 Å². The molecule has 8 atom stereocenters. The summed E-state index contributed by atoms with van der Waals surface area (Å²) in [5.41, 5.74) is 2.54. The molecule has 5 heteroatoms. The van der Waals surface area contributed by atoms with Gasteiger partial charge in [0.25, 0.3) is 0 Å². The quantitative estimate of drug-likeness (QED) is 0.172. The summed E-state index contributed by atoms with van der Waals surface area (Å²) in [6, 6.07) is 5.55. The molecule has 6 rings (SSSR count). The number of benzene rings is 1. The third-order valence-corrected chi connectivity index (χ3v) is 14.1. The maximum Gasteiger partial charge on any atom is 1.00 e. The largest absolute Gasteiger partial charge is 1.00 e. The van der Waals surface area contributed by atoms with E-state index in [0.29, 0.717) is 34.7 Å². The van der Waals surface area contributed by atoms with E-state index in [1.807, 2.05) is 12.1 Å². The average Bonchev–Trinajstić information content (AvgIpc) is 3.16. The van der Waals surface area contributed by atoms with Gasteiger partial charge in [0.2, 0.25) is 0 Å². The number of esters is 1. The van der Waals surface area contributed by atoms with E-state index < -0.39 is 0 Å². The standard InChI is InChI=1S/C39H60NO3.K/c1-27(33-18-19-34-32-17-15-30-12-8-9-22-38(30,2)35(32)21-23-39(33,34)3)13-20-37(42)43-26-29-14-16-31(24-36(29)41)40-25-28-10-6-4-5-7-11-28;/h14,16,24,27-28,30,32-35,41H,4-13,15,17-23,25-26H2,1-3H3;/q-1;+1. The van der Waals surface area contributed by atoms with Gasteiger partial charge in [0.15, 0.2) is 0 Å². The van der Waals surface area contributed by atoms with Gasteiger partial charge >= 0.3 is 57.4 Å². The molecule has 5 aliphatic rings. The minimum atomic E-state index is -0.139. The van der Waals surface area contributed by atoms with Crippen molar-refractivity contribution in [3.8, 4) is 5.75 Å². The van der Waals surface area contributed by atoms with Gasteiger partial charge in [0.05, 0.1) is 0 Å². The van der Waals surface area contributed by atoms with Gasteiger partial charge in [-0.25, -0.2) is 0 Å².